The van der Waals surface area contributed by atoms with Crippen LogP contribution in [0.1, 0.15) is 68.4 Å². The van der Waals surface area contributed by atoms with Crippen molar-refractivity contribution < 1.29 is 19.1 Å². The van der Waals surface area contributed by atoms with Crippen LogP contribution in [-0.2, 0) is 20.8 Å². The van der Waals surface area contributed by atoms with Gasteiger partial charge in [-0.15, -0.1) is 10.2 Å². The van der Waals surface area contributed by atoms with Crippen molar-refractivity contribution in [2.75, 3.05) is 31.6 Å². The molecule has 0 saturated carbocycles. The monoisotopic (exact) mass is 539 g/mol. The molecule has 1 N–H and O–H groups in total. The summed E-state index contributed by atoms with van der Waals surface area (Å²) in [6.45, 7) is 4.24. The van der Waals surface area contributed by atoms with Crippen LogP contribution in [0.5, 0.6) is 5.75 Å². The minimum atomic E-state index is -0.425. The molecule has 1 atom stereocenters. The van der Waals surface area contributed by atoms with Crippen LogP contribution in [-0.4, -0.2) is 70.0 Å². The van der Waals surface area contributed by atoms with Gasteiger partial charge >= 0.3 is 0 Å². The zero-order chi connectivity index (χ0) is 26.5. The van der Waals surface area contributed by atoms with Crippen LogP contribution in [0.2, 0.25) is 0 Å². The van der Waals surface area contributed by atoms with Crippen molar-refractivity contribution in [3.63, 3.8) is 0 Å². The summed E-state index contributed by atoms with van der Waals surface area (Å²) in [7, 11) is 0. The summed E-state index contributed by atoms with van der Waals surface area (Å²) >= 11 is 1.31. The molecule has 1 spiro atoms. The number of aromatic nitrogens is 2. The van der Waals surface area contributed by atoms with E-state index in [0.29, 0.717) is 37.7 Å². The molecule has 5 rings (SSSR count). The van der Waals surface area contributed by atoms with Crippen LogP contribution in [0.4, 0.5) is 5.13 Å². The Bertz CT molecular complexity index is 1160. The number of para-hydroxylation sites is 1. The third kappa shape index (κ3) is 6.00. The van der Waals surface area contributed by atoms with Gasteiger partial charge in [0.05, 0.1) is 11.5 Å². The second-order valence-corrected chi connectivity index (χ2v) is 11.9. The molecule has 0 radical (unpaired) electrons. The van der Waals surface area contributed by atoms with Crippen LogP contribution in [0.15, 0.2) is 24.3 Å². The topological polar surface area (TPSA) is 105 Å². The first-order chi connectivity index (χ1) is 18.4. The van der Waals surface area contributed by atoms with Gasteiger partial charge in [-0.3, -0.25) is 14.4 Å². The Morgan fingerprint density at radius 1 is 1.08 bits per heavy atom. The molecule has 2 saturated heterocycles. The lowest BCUT2D eigenvalue weighted by Crippen LogP contribution is -2.53. The third-order valence-electron chi connectivity index (χ3n) is 8.26. The van der Waals surface area contributed by atoms with Gasteiger partial charge in [0.2, 0.25) is 22.9 Å². The molecule has 38 heavy (non-hydrogen) atoms. The number of fused-ring (bicyclic) bond motifs is 2. The highest BCUT2D eigenvalue weighted by atomic mass is 32.1. The van der Waals surface area contributed by atoms with E-state index in [2.05, 4.69) is 32.5 Å². The first-order valence-corrected chi connectivity index (χ1v) is 14.6. The largest absolute Gasteiger partial charge is 0.491 e. The van der Waals surface area contributed by atoms with Gasteiger partial charge in [-0.05, 0) is 63.5 Å². The fourth-order valence-electron chi connectivity index (χ4n) is 6.06. The first kappa shape index (κ1) is 26.6. The summed E-state index contributed by atoms with van der Waals surface area (Å²) in [6, 6.07) is 8.36. The van der Waals surface area contributed by atoms with Gasteiger partial charge in [-0.25, -0.2) is 0 Å². The van der Waals surface area contributed by atoms with Crippen LogP contribution < -0.4 is 10.1 Å². The maximum Gasteiger partial charge on any atom is 0.229 e. The first-order valence-electron chi connectivity index (χ1n) is 13.8. The van der Waals surface area contributed by atoms with Crippen molar-refractivity contribution in [1.82, 2.24) is 20.0 Å². The predicted octanol–water partition coefficient (Wildman–Crippen LogP) is 3.97. The zero-order valence-electron chi connectivity index (χ0n) is 22.1. The van der Waals surface area contributed by atoms with Gasteiger partial charge in [0.1, 0.15) is 17.4 Å². The fourth-order valence-corrected chi connectivity index (χ4v) is 6.67. The Labute approximate surface area is 227 Å². The van der Waals surface area contributed by atoms with E-state index in [4.69, 9.17) is 4.74 Å². The number of aryl methyl sites for hydroxylation is 2. The number of amides is 3. The van der Waals surface area contributed by atoms with E-state index in [0.717, 1.165) is 55.8 Å². The number of ether oxygens (including phenoxy) is 1. The minimum Gasteiger partial charge on any atom is -0.491 e. The van der Waals surface area contributed by atoms with E-state index >= 15 is 0 Å². The number of carbonyl (C=O) groups excluding carboxylic acids is 3. The number of nitrogens with one attached hydrogen (secondary N) is 1. The van der Waals surface area contributed by atoms with E-state index in [1.807, 2.05) is 24.0 Å². The smallest absolute Gasteiger partial charge is 0.229 e. The highest BCUT2D eigenvalue weighted by Gasteiger charge is 2.46. The lowest BCUT2D eigenvalue weighted by molar-refractivity contribution is -0.150. The number of piperidine rings is 1. The van der Waals surface area contributed by atoms with Gasteiger partial charge in [0, 0.05) is 32.5 Å². The molecule has 2 fully saturated rings. The number of anilines is 1. The number of hydrogen-bond donors (Lipinski definition) is 1. The molecule has 4 heterocycles. The van der Waals surface area contributed by atoms with Gasteiger partial charge in [0.15, 0.2) is 0 Å². The fraction of sp³-hybridized carbons (Fsp3) is 0.607. The number of likely N-dealkylation sites (tertiary alicyclic amines) is 1. The SMILES string of the molecule is Cc1nnc(NC(=O)CCC(=O)N2CCC3(CCCCc4ccccc4OC[C@@H]4CCCN4C3=O)CC2)s1. The Morgan fingerprint density at radius 3 is 2.68 bits per heavy atom. The number of rotatable bonds is 4. The number of nitrogens with zero attached hydrogens (tertiary/aromatic N) is 4. The average Bonchev–Trinajstić information content (AvgIpc) is 3.57. The third-order valence-corrected chi connectivity index (χ3v) is 9.01. The highest BCUT2D eigenvalue weighted by molar-refractivity contribution is 7.15. The van der Waals surface area contributed by atoms with Crippen molar-refractivity contribution >= 4 is 34.2 Å². The zero-order valence-corrected chi connectivity index (χ0v) is 22.9. The molecule has 1 aromatic heterocycles. The summed E-state index contributed by atoms with van der Waals surface area (Å²) in [6.07, 6.45) is 7.34. The van der Waals surface area contributed by atoms with Gasteiger partial charge in [-0.2, -0.15) is 0 Å². The standard InChI is InChI=1S/C28H37N5O4S/c1-20-30-31-27(38-20)29-24(34)11-12-25(35)32-17-14-28(15-18-32)13-5-4-8-21-7-2-3-10-23(21)37-19-22-9-6-16-33(22)26(28)36/h2-3,7,10,22H,4-6,8-9,11-19H2,1H3,(H,29,31,34)/t22-/m0/s1. The van der Waals surface area contributed by atoms with E-state index in [9.17, 15) is 14.4 Å². The van der Waals surface area contributed by atoms with E-state index in [1.54, 1.807) is 0 Å². The number of benzene rings is 1. The van der Waals surface area contributed by atoms with Crippen LogP contribution in [0.3, 0.4) is 0 Å². The normalized spacial score (nSPS) is 21.6. The predicted molar refractivity (Wildman–Crippen MR) is 145 cm³/mol. The van der Waals surface area contributed by atoms with Crippen molar-refractivity contribution in [3.8, 4) is 5.75 Å². The van der Waals surface area contributed by atoms with E-state index in [-0.39, 0.29) is 36.6 Å². The van der Waals surface area contributed by atoms with Crippen molar-refractivity contribution in [1.29, 1.82) is 0 Å². The second kappa shape index (κ2) is 11.8. The molecule has 3 aliphatic heterocycles. The molecule has 3 aliphatic rings. The molecule has 9 nitrogen and oxygen atoms in total. The highest BCUT2D eigenvalue weighted by Crippen LogP contribution is 2.41. The molecule has 0 bridgehead atoms. The summed E-state index contributed by atoms with van der Waals surface area (Å²) in [5.41, 5.74) is 0.814. The molecule has 1 aromatic carbocycles. The molecular formula is C28H37N5O4S. The molecule has 0 unspecified atom stereocenters. The Balaban J connectivity index is 1.20. The average molecular weight is 540 g/mol. The lowest BCUT2D eigenvalue weighted by atomic mass is 9.72. The van der Waals surface area contributed by atoms with Crippen LogP contribution in [0.25, 0.3) is 0 Å². The molecule has 0 aliphatic carbocycles. The molecular weight excluding hydrogens is 502 g/mol. The van der Waals surface area contributed by atoms with E-state index in [1.165, 1.54) is 16.9 Å². The molecule has 204 valence electrons. The van der Waals surface area contributed by atoms with Crippen LogP contribution >= 0.6 is 11.3 Å². The Hall–Kier alpha value is -3.01. The molecule has 2 aromatic rings. The maximum absolute atomic E-state index is 14.0. The van der Waals surface area contributed by atoms with Crippen molar-refractivity contribution in [3.05, 3.63) is 34.8 Å². The van der Waals surface area contributed by atoms with E-state index < -0.39 is 5.41 Å². The van der Waals surface area contributed by atoms with Gasteiger partial charge in [-0.1, -0.05) is 36.0 Å². The van der Waals surface area contributed by atoms with Gasteiger partial charge < -0.3 is 19.9 Å². The van der Waals surface area contributed by atoms with Crippen molar-refractivity contribution in [2.45, 2.75) is 77.2 Å². The summed E-state index contributed by atoms with van der Waals surface area (Å²) in [4.78, 5) is 43.1. The van der Waals surface area contributed by atoms with Crippen molar-refractivity contribution in [2.24, 2.45) is 5.41 Å². The van der Waals surface area contributed by atoms with Gasteiger partial charge in [0.25, 0.3) is 0 Å². The molecule has 10 heteroatoms. The number of carbonyl (C=O) groups is 3. The summed E-state index contributed by atoms with van der Waals surface area (Å²) in [5, 5.41) is 11.7. The summed E-state index contributed by atoms with van der Waals surface area (Å²) < 4.78 is 6.25. The Kier molecular flexibility index (Phi) is 8.26. The quantitative estimate of drug-likeness (QED) is 0.631. The Morgan fingerprint density at radius 2 is 1.89 bits per heavy atom. The minimum absolute atomic E-state index is 0.0342. The molecule has 3 amide bonds. The number of hydrogen-bond acceptors (Lipinski definition) is 7. The lowest BCUT2D eigenvalue weighted by Gasteiger charge is -2.44. The maximum atomic E-state index is 14.0. The second-order valence-electron chi connectivity index (χ2n) is 10.8. The summed E-state index contributed by atoms with van der Waals surface area (Å²) in [5.74, 6) is 0.923. The van der Waals surface area contributed by atoms with Crippen LogP contribution in [0, 0.1) is 12.3 Å².